The van der Waals surface area contributed by atoms with Crippen LogP contribution in [0.5, 0.6) is 5.75 Å². The summed E-state index contributed by atoms with van der Waals surface area (Å²) < 4.78 is 63.4. The van der Waals surface area contributed by atoms with Crippen LogP contribution in [-0.2, 0) is 22.3 Å². The molecule has 0 radical (unpaired) electrons. The Morgan fingerprint density at radius 3 is 2.30 bits per heavy atom. The lowest BCUT2D eigenvalue weighted by molar-refractivity contribution is -0.159. The number of amides is 1. The second-order valence-electron chi connectivity index (χ2n) is 6.26. The quantitative estimate of drug-likeness (QED) is 0.597. The molecule has 11 heteroatoms. The average molecular weight is 439 g/mol. The summed E-state index contributed by atoms with van der Waals surface area (Å²) in [5, 5.41) is 3.29. The summed E-state index contributed by atoms with van der Waals surface area (Å²) in [5.74, 6) is -1.65. The van der Waals surface area contributed by atoms with E-state index in [1.807, 2.05) is 0 Å². The summed E-state index contributed by atoms with van der Waals surface area (Å²) >= 11 is 0. The third-order valence-electron chi connectivity index (χ3n) is 4.03. The molecule has 1 unspecified atom stereocenters. The summed E-state index contributed by atoms with van der Waals surface area (Å²) in [5.41, 5.74) is 0.749. The number of nitrogens with zero attached hydrogens (tertiary/aromatic N) is 3. The predicted octanol–water partition coefficient (Wildman–Crippen LogP) is 3.98. The van der Waals surface area contributed by atoms with Crippen LogP contribution in [0.15, 0.2) is 62.3 Å². The van der Waals surface area contributed by atoms with Gasteiger partial charge >= 0.3 is 12.1 Å². The molecule has 158 valence electrons. The molecule has 1 heterocycles. The van der Waals surface area contributed by atoms with Gasteiger partial charge in [0, 0.05) is 23.1 Å². The van der Waals surface area contributed by atoms with Gasteiger partial charge in [0.15, 0.2) is 5.82 Å². The first-order chi connectivity index (χ1) is 14.1. The molecule has 0 aliphatic rings. The van der Waals surface area contributed by atoms with Crippen LogP contribution < -0.4 is 4.74 Å². The number of rotatable bonds is 5. The highest BCUT2D eigenvalue weighted by Crippen LogP contribution is 2.27. The monoisotopic (exact) mass is 439 g/mol. The van der Waals surface area contributed by atoms with Crippen LogP contribution in [0.4, 0.5) is 13.2 Å². The van der Waals surface area contributed by atoms with E-state index in [4.69, 9.17) is 4.74 Å². The van der Waals surface area contributed by atoms with Crippen molar-refractivity contribution >= 4 is 15.6 Å². The molecule has 3 rings (SSSR count). The van der Waals surface area contributed by atoms with E-state index < -0.39 is 27.7 Å². The minimum Gasteiger partial charge on any atom is -0.497 e. The van der Waals surface area contributed by atoms with Gasteiger partial charge in [0.05, 0.1) is 16.8 Å². The van der Waals surface area contributed by atoms with Gasteiger partial charge < -0.3 is 9.26 Å². The fourth-order valence-electron chi connectivity index (χ4n) is 2.48. The van der Waals surface area contributed by atoms with E-state index in [9.17, 15) is 22.2 Å². The zero-order valence-corrected chi connectivity index (χ0v) is 16.7. The summed E-state index contributed by atoms with van der Waals surface area (Å²) in [6, 6.07) is 12.3. The van der Waals surface area contributed by atoms with Crippen molar-refractivity contribution in [3.05, 3.63) is 71.4 Å². The maximum Gasteiger partial charge on any atom is 0.471 e. The molecular formula is C19H16F3N3O4S. The van der Waals surface area contributed by atoms with Crippen LogP contribution in [-0.4, -0.2) is 33.6 Å². The van der Waals surface area contributed by atoms with E-state index >= 15 is 0 Å². The van der Waals surface area contributed by atoms with Gasteiger partial charge in [0.1, 0.15) is 5.75 Å². The molecule has 0 fully saturated rings. The first-order valence-corrected chi connectivity index (χ1v) is 10.4. The minimum atomic E-state index is -4.71. The normalized spacial score (nSPS) is 13.5. The van der Waals surface area contributed by atoms with Crippen LogP contribution >= 0.6 is 0 Å². The summed E-state index contributed by atoms with van der Waals surface area (Å²) in [6.45, 7) is 0. The topological polar surface area (TPSA) is 94.7 Å². The third-order valence-corrected chi connectivity index (χ3v) is 5.69. The highest BCUT2D eigenvalue weighted by molar-refractivity contribution is 7.93. The second kappa shape index (κ2) is 8.27. The molecule has 1 aromatic heterocycles. The number of benzene rings is 2. The van der Waals surface area contributed by atoms with E-state index in [-0.39, 0.29) is 17.8 Å². The number of carbonyl (C=O) groups excluding carboxylic acids is 1. The highest BCUT2D eigenvalue weighted by Gasteiger charge is 2.38. The van der Waals surface area contributed by atoms with Crippen LogP contribution in [0.1, 0.15) is 27.6 Å². The molecule has 0 bridgehead atoms. The molecule has 30 heavy (non-hydrogen) atoms. The van der Waals surface area contributed by atoms with Gasteiger partial charge in [-0.1, -0.05) is 17.3 Å². The fourth-order valence-corrected chi connectivity index (χ4v) is 3.65. The molecule has 0 aliphatic carbocycles. The van der Waals surface area contributed by atoms with Crippen molar-refractivity contribution in [1.29, 1.82) is 0 Å². The van der Waals surface area contributed by atoms with Gasteiger partial charge in [-0.05, 0) is 42.0 Å². The van der Waals surface area contributed by atoms with E-state index in [1.54, 1.807) is 24.3 Å². The maximum atomic E-state index is 12.8. The van der Waals surface area contributed by atoms with Crippen LogP contribution in [0.2, 0.25) is 0 Å². The van der Waals surface area contributed by atoms with Crippen LogP contribution in [0, 0.1) is 0 Å². The number of hydrogen-bond donors (Lipinski definition) is 0. The van der Waals surface area contributed by atoms with Crippen molar-refractivity contribution in [3.63, 3.8) is 0 Å². The Hall–Kier alpha value is -3.21. The number of methoxy groups -OCH3 is 1. The zero-order chi connectivity index (χ0) is 21.9. The molecule has 0 saturated carbocycles. The van der Waals surface area contributed by atoms with Gasteiger partial charge in [0.2, 0.25) is 0 Å². The highest BCUT2D eigenvalue weighted by atomic mass is 32.2. The van der Waals surface area contributed by atoms with Crippen molar-refractivity contribution in [1.82, 2.24) is 10.1 Å². The van der Waals surface area contributed by atoms with E-state index in [1.165, 1.54) is 37.6 Å². The van der Waals surface area contributed by atoms with Crippen molar-refractivity contribution in [2.24, 2.45) is 4.36 Å². The molecule has 0 aliphatic heterocycles. The number of carbonyl (C=O) groups is 1. The number of halogens is 3. The van der Waals surface area contributed by atoms with Crippen molar-refractivity contribution in [2.45, 2.75) is 17.5 Å². The predicted molar refractivity (Wildman–Crippen MR) is 101 cm³/mol. The smallest absolute Gasteiger partial charge is 0.471 e. The lowest BCUT2D eigenvalue weighted by Crippen LogP contribution is -2.05. The van der Waals surface area contributed by atoms with Gasteiger partial charge in [0.25, 0.3) is 5.91 Å². The van der Waals surface area contributed by atoms with Gasteiger partial charge in [-0.25, -0.2) is 4.21 Å². The fraction of sp³-hybridized carbons (Fsp3) is 0.211. The molecule has 2 aromatic carbocycles. The van der Waals surface area contributed by atoms with Gasteiger partial charge in [-0.2, -0.15) is 22.5 Å². The van der Waals surface area contributed by atoms with E-state index in [2.05, 4.69) is 19.0 Å². The van der Waals surface area contributed by atoms with Gasteiger partial charge in [-0.3, -0.25) is 4.79 Å². The largest absolute Gasteiger partial charge is 0.497 e. The molecule has 1 amide bonds. The lowest BCUT2D eigenvalue weighted by Gasteiger charge is -2.06. The first-order valence-electron chi connectivity index (χ1n) is 8.48. The second-order valence-corrected chi connectivity index (χ2v) is 8.52. The van der Waals surface area contributed by atoms with Crippen molar-refractivity contribution < 1.29 is 31.4 Å². The Bertz CT molecular complexity index is 1160. The van der Waals surface area contributed by atoms with E-state index in [0.717, 1.165) is 0 Å². The van der Waals surface area contributed by atoms with Crippen LogP contribution in [0.3, 0.4) is 0 Å². The minimum absolute atomic E-state index is 0.0123. The molecule has 3 aromatic rings. The Labute approximate surface area is 170 Å². The number of aromatic nitrogens is 2. The SMILES string of the molecule is COc1ccc(S(C)(=O)=NC(=O)c2ccc(Cc3noc(C(F)(F)F)n3)cc2)cc1. The van der Waals surface area contributed by atoms with E-state index in [0.29, 0.717) is 16.2 Å². The number of hydrogen-bond acceptors (Lipinski definition) is 6. The molecule has 7 nitrogen and oxygen atoms in total. The van der Waals surface area contributed by atoms with Gasteiger partial charge in [-0.15, -0.1) is 0 Å². The lowest BCUT2D eigenvalue weighted by atomic mass is 10.1. The van der Waals surface area contributed by atoms with Crippen molar-refractivity contribution in [3.8, 4) is 5.75 Å². The molecule has 0 spiro atoms. The third kappa shape index (κ3) is 5.03. The standard InChI is InChI=1S/C19H16F3N3O4S/c1-28-14-7-9-15(10-8-14)30(2,27)25-17(26)13-5-3-12(4-6-13)11-16-23-18(29-24-16)19(20,21)22/h3-10H,11H2,1-2H3. The van der Waals surface area contributed by atoms with Crippen molar-refractivity contribution in [2.75, 3.05) is 13.4 Å². The Morgan fingerprint density at radius 2 is 1.77 bits per heavy atom. The summed E-state index contributed by atoms with van der Waals surface area (Å²) in [6.07, 6.45) is -3.36. The Kier molecular flexibility index (Phi) is 5.92. The first kappa shape index (κ1) is 21.5. The zero-order valence-electron chi connectivity index (χ0n) is 15.8. The Balaban J connectivity index is 1.75. The summed E-state index contributed by atoms with van der Waals surface area (Å²) in [7, 11) is -1.47. The van der Waals surface area contributed by atoms with Crippen LogP contribution in [0.25, 0.3) is 0 Å². The average Bonchev–Trinajstić information content (AvgIpc) is 3.17. The molecular weight excluding hydrogens is 423 g/mol. The molecule has 1 atom stereocenters. The summed E-state index contributed by atoms with van der Waals surface area (Å²) in [4.78, 5) is 16.1. The molecule has 0 N–H and O–H groups in total. The Morgan fingerprint density at radius 1 is 1.13 bits per heavy atom. The maximum absolute atomic E-state index is 12.8. The number of ether oxygens (including phenoxy) is 1. The molecule has 0 saturated heterocycles. The number of alkyl halides is 3.